The van der Waals surface area contributed by atoms with Crippen LogP contribution in [0.3, 0.4) is 0 Å². The van der Waals surface area contributed by atoms with E-state index in [0.29, 0.717) is 17.8 Å². The molecule has 3 aromatic rings. The third-order valence-corrected chi connectivity index (χ3v) is 4.92. The van der Waals surface area contributed by atoms with Crippen molar-refractivity contribution in [2.45, 2.75) is 12.8 Å². The Morgan fingerprint density at radius 1 is 1.17 bits per heavy atom. The first-order chi connectivity index (χ1) is 14.6. The standard InChI is InChI=1S/C21H19N5O4/c1-30-21(27)15-8-10-16(11-9-15)24-19-18(26(28)29)20(23-13-22-19)25-12-4-6-14-5-2-3-7-17(14)25/h2-3,5,7-11,13H,4,6,12H2,1H3,(H,22,23,24). The number of carbonyl (C=O) groups excluding carboxylic acids is 1. The lowest BCUT2D eigenvalue weighted by atomic mass is 10.0. The molecule has 4 rings (SSSR count). The molecule has 9 nitrogen and oxygen atoms in total. The normalized spacial score (nSPS) is 12.8. The van der Waals surface area contributed by atoms with E-state index in [-0.39, 0.29) is 17.3 Å². The van der Waals surface area contributed by atoms with Gasteiger partial charge in [0.1, 0.15) is 6.33 Å². The topological polar surface area (TPSA) is 110 Å². The molecule has 0 bridgehead atoms. The number of esters is 1. The van der Waals surface area contributed by atoms with Crippen LogP contribution in [0.1, 0.15) is 22.3 Å². The van der Waals surface area contributed by atoms with Gasteiger partial charge in [0.05, 0.1) is 17.6 Å². The Hall–Kier alpha value is -4.01. The van der Waals surface area contributed by atoms with E-state index in [0.717, 1.165) is 24.1 Å². The highest BCUT2D eigenvalue weighted by Crippen LogP contribution is 2.40. The van der Waals surface area contributed by atoms with Gasteiger partial charge in [0.15, 0.2) is 0 Å². The van der Waals surface area contributed by atoms with E-state index in [2.05, 4.69) is 20.0 Å². The summed E-state index contributed by atoms with van der Waals surface area (Å²) >= 11 is 0. The van der Waals surface area contributed by atoms with E-state index < -0.39 is 10.9 Å². The number of nitro groups is 1. The summed E-state index contributed by atoms with van der Waals surface area (Å²) in [6, 6.07) is 14.2. The van der Waals surface area contributed by atoms with E-state index in [9.17, 15) is 14.9 Å². The molecule has 0 amide bonds. The van der Waals surface area contributed by atoms with Crippen molar-refractivity contribution in [1.29, 1.82) is 0 Å². The highest BCUT2D eigenvalue weighted by molar-refractivity contribution is 5.90. The van der Waals surface area contributed by atoms with Crippen molar-refractivity contribution in [3.8, 4) is 0 Å². The van der Waals surface area contributed by atoms with Crippen LogP contribution < -0.4 is 10.2 Å². The molecular formula is C21H19N5O4. The fourth-order valence-corrected chi connectivity index (χ4v) is 3.52. The first-order valence-electron chi connectivity index (χ1n) is 9.38. The number of ether oxygens (including phenoxy) is 1. The number of benzene rings is 2. The Morgan fingerprint density at radius 2 is 1.93 bits per heavy atom. The molecular weight excluding hydrogens is 386 g/mol. The Balaban J connectivity index is 1.71. The molecule has 1 N–H and O–H groups in total. The highest BCUT2D eigenvalue weighted by atomic mass is 16.6. The van der Waals surface area contributed by atoms with Crippen LogP contribution in [0.2, 0.25) is 0 Å². The van der Waals surface area contributed by atoms with Gasteiger partial charge in [-0.05, 0) is 48.7 Å². The summed E-state index contributed by atoms with van der Waals surface area (Å²) in [6.07, 6.45) is 3.10. The van der Waals surface area contributed by atoms with Gasteiger partial charge in [0.25, 0.3) is 0 Å². The molecule has 1 aromatic heterocycles. The zero-order chi connectivity index (χ0) is 21.1. The number of methoxy groups -OCH3 is 1. The number of anilines is 4. The van der Waals surface area contributed by atoms with E-state index in [1.165, 1.54) is 13.4 Å². The summed E-state index contributed by atoms with van der Waals surface area (Å²) in [5.74, 6) is -0.129. The van der Waals surface area contributed by atoms with Gasteiger partial charge in [-0.2, -0.15) is 0 Å². The van der Waals surface area contributed by atoms with Crippen molar-refractivity contribution in [3.63, 3.8) is 0 Å². The first-order valence-corrected chi connectivity index (χ1v) is 9.38. The molecule has 0 saturated carbocycles. The summed E-state index contributed by atoms with van der Waals surface area (Å²) in [6.45, 7) is 0.627. The summed E-state index contributed by atoms with van der Waals surface area (Å²) in [4.78, 5) is 33.3. The Kier molecular flexibility index (Phi) is 5.25. The smallest absolute Gasteiger partial charge is 0.354 e. The number of hydrogen-bond acceptors (Lipinski definition) is 8. The fourth-order valence-electron chi connectivity index (χ4n) is 3.52. The van der Waals surface area contributed by atoms with Crippen molar-refractivity contribution in [2.75, 3.05) is 23.9 Å². The second kappa shape index (κ2) is 8.16. The van der Waals surface area contributed by atoms with Crippen LogP contribution >= 0.6 is 0 Å². The molecule has 0 aliphatic carbocycles. The summed E-state index contributed by atoms with van der Waals surface area (Å²) < 4.78 is 4.68. The zero-order valence-electron chi connectivity index (χ0n) is 16.2. The molecule has 1 aliphatic rings. The van der Waals surface area contributed by atoms with Crippen LogP contribution in [0.15, 0.2) is 54.9 Å². The summed E-state index contributed by atoms with van der Waals surface area (Å²) in [5.41, 5.74) is 2.77. The van der Waals surface area contributed by atoms with E-state index in [1.807, 2.05) is 29.2 Å². The number of nitrogens with one attached hydrogen (secondary N) is 1. The SMILES string of the molecule is COC(=O)c1ccc(Nc2ncnc(N3CCCc4ccccc43)c2[N+](=O)[O-])cc1. The number of aromatic nitrogens is 2. The van der Waals surface area contributed by atoms with Crippen LogP contribution in [0.25, 0.3) is 0 Å². The quantitative estimate of drug-likeness (QED) is 0.385. The predicted molar refractivity (Wildman–Crippen MR) is 112 cm³/mol. The average Bonchev–Trinajstić information content (AvgIpc) is 2.78. The monoisotopic (exact) mass is 405 g/mol. The molecule has 0 saturated heterocycles. The second-order valence-electron chi connectivity index (χ2n) is 6.73. The van der Waals surface area contributed by atoms with Gasteiger partial charge < -0.3 is 15.0 Å². The van der Waals surface area contributed by atoms with Crippen LogP contribution in [0.4, 0.5) is 28.7 Å². The van der Waals surface area contributed by atoms with Gasteiger partial charge in [-0.25, -0.2) is 14.8 Å². The van der Waals surface area contributed by atoms with Crippen LogP contribution in [0.5, 0.6) is 0 Å². The van der Waals surface area contributed by atoms with Gasteiger partial charge in [0.2, 0.25) is 11.6 Å². The van der Waals surface area contributed by atoms with Gasteiger partial charge in [0, 0.05) is 17.9 Å². The number of fused-ring (bicyclic) bond motifs is 1. The van der Waals surface area contributed by atoms with Crippen molar-refractivity contribution >= 4 is 34.7 Å². The van der Waals surface area contributed by atoms with Crippen molar-refractivity contribution in [1.82, 2.24) is 9.97 Å². The molecule has 1 aliphatic heterocycles. The van der Waals surface area contributed by atoms with E-state index in [1.54, 1.807) is 24.3 Å². The van der Waals surface area contributed by atoms with Gasteiger partial charge in [-0.15, -0.1) is 0 Å². The minimum absolute atomic E-state index is 0.0823. The Labute approximate surface area is 172 Å². The van der Waals surface area contributed by atoms with Crippen LogP contribution in [-0.2, 0) is 11.2 Å². The van der Waals surface area contributed by atoms with Crippen molar-refractivity contribution < 1.29 is 14.5 Å². The maximum atomic E-state index is 12.0. The number of nitrogens with zero attached hydrogens (tertiary/aromatic N) is 4. The fraction of sp³-hybridized carbons (Fsp3) is 0.190. The minimum atomic E-state index is -0.475. The number of para-hydroxylation sites is 1. The van der Waals surface area contributed by atoms with Gasteiger partial charge in [-0.1, -0.05) is 18.2 Å². The molecule has 152 valence electrons. The number of rotatable bonds is 5. The summed E-state index contributed by atoms with van der Waals surface area (Å²) in [5, 5.41) is 14.9. The molecule has 0 fully saturated rings. The first kappa shape index (κ1) is 19.3. The third-order valence-electron chi connectivity index (χ3n) is 4.92. The average molecular weight is 405 g/mol. The number of aryl methyl sites for hydroxylation is 1. The predicted octanol–water partition coefficient (Wildman–Crippen LogP) is 4.00. The van der Waals surface area contributed by atoms with Crippen molar-refractivity contribution in [3.05, 3.63) is 76.1 Å². The molecule has 9 heteroatoms. The maximum Gasteiger partial charge on any atom is 0.354 e. The molecule has 2 heterocycles. The lowest BCUT2D eigenvalue weighted by molar-refractivity contribution is -0.383. The summed E-state index contributed by atoms with van der Waals surface area (Å²) in [7, 11) is 1.30. The Bertz CT molecular complexity index is 1100. The van der Waals surface area contributed by atoms with E-state index in [4.69, 9.17) is 0 Å². The lowest BCUT2D eigenvalue weighted by Gasteiger charge is -2.30. The van der Waals surface area contributed by atoms with Gasteiger partial charge >= 0.3 is 11.7 Å². The van der Waals surface area contributed by atoms with Gasteiger partial charge in [-0.3, -0.25) is 10.1 Å². The minimum Gasteiger partial charge on any atom is -0.465 e. The third kappa shape index (κ3) is 3.64. The van der Waals surface area contributed by atoms with Crippen LogP contribution in [-0.4, -0.2) is 34.5 Å². The molecule has 0 spiro atoms. The number of carbonyl (C=O) groups is 1. The highest BCUT2D eigenvalue weighted by Gasteiger charge is 2.30. The maximum absolute atomic E-state index is 12.0. The van der Waals surface area contributed by atoms with E-state index >= 15 is 0 Å². The lowest BCUT2D eigenvalue weighted by Crippen LogP contribution is -2.26. The Morgan fingerprint density at radius 3 is 2.67 bits per heavy atom. The van der Waals surface area contributed by atoms with Crippen molar-refractivity contribution in [2.24, 2.45) is 0 Å². The molecule has 0 unspecified atom stereocenters. The molecule has 0 radical (unpaired) electrons. The van der Waals surface area contributed by atoms with Crippen LogP contribution in [0, 0.1) is 10.1 Å². The largest absolute Gasteiger partial charge is 0.465 e. The zero-order valence-corrected chi connectivity index (χ0v) is 16.2. The number of hydrogen-bond donors (Lipinski definition) is 1. The molecule has 30 heavy (non-hydrogen) atoms. The molecule has 0 atom stereocenters. The molecule has 2 aromatic carbocycles. The second-order valence-corrected chi connectivity index (χ2v) is 6.73.